The SMILES string of the molecule is CCCNC(c1ccnc(C)c1)c1nccn1CC. The number of aryl methyl sites for hydroxylation is 2. The Bertz CT molecular complexity index is 518. The Morgan fingerprint density at radius 1 is 1.26 bits per heavy atom. The van der Waals surface area contributed by atoms with Crippen LogP contribution in [0.25, 0.3) is 0 Å². The first-order valence-electron chi connectivity index (χ1n) is 6.93. The Morgan fingerprint density at radius 2 is 2.11 bits per heavy atom. The van der Waals surface area contributed by atoms with E-state index in [2.05, 4.69) is 45.8 Å². The van der Waals surface area contributed by atoms with E-state index in [-0.39, 0.29) is 6.04 Å². The van der Waals surface area contributed by atoms with Crippen LogP contribution in [0.15, 0.2) is 30.7 Å². The van der Waals surface area contributed by atoms with Crippen LogP contribution in [-0.4, -0.2) is 21.1 Å². The number of imidazole rings is 1. The molecule has 102 valence electrons. The molecule has 0 spiro atoms. The normalized spacial score (nSPS) is 12.6. The zero-order valence-corrected chi connectivity index (χ0v) is 11.9. The van der Waals surface area contributed by atoms with Crippen LogP contribution in [0.4, 0.5) is 0 Å². The maximum absolute atomic E-state index is 4.53. The van der Waals surface area contributed by atoms with E-state index in [1.165, 1.54) is 5.56 Å². The molecule has 0 fully saturated rings. The molecule has 1 atom stereocenters. The number of rotatable bonds is 6. The third-order valence-corrected chi connectivity index (χ3v) is 3.20. The molecule has 0 aliphatic heterocycles. The molecule has 0 aliphatic rings. The lowest BCUT2D eigenvalue weighted by molar-refractivity contribution is 0.541. The number of hydrogen-bond acceptors (Lipinski definition) is 3. The maximum Gasteiger partial charge on any atom is 0.130 e. The molecule has 2 heterocycles. The van der Waals surface area contributed by atoms with Crippen LogP contribution < -0.4 is 5.32 Å². The molecule has 0 amide bonds. The van der Waals surface area contributed by atoms with Crippen molar-refractivity contribution in [1.82, 2.24) is 19.9 Å². The van der Waals surface area contributed by atoms with Gasteiger partial charge in [0.25, 0.3) is 0 Å². The number of pyridine rings is 1. The van der Waals surface area contributed by atoms with Gasteiger partial charge in [0.1, 0.15) is 5.82 Å². The Hall–Kier alpha value is -1.68. The molecule has 0 aliphatic carbocycles. The van der Waals surface area contributed by atoms with Gasteiger partial charge in [-0.1, -0.05) is 6.92 Å². The predicted molar refractivity (Wildman–Crippen MR) is 77.0 cm³/mol. The topological polar surface area (TPSA) is 42.7 Å². The van der Waals surface area contributed by atoms with Crippen molar-refractivity contribution < 1.29 is 0 Å². The van der Waals surface area contributed by atoms with Crippen LogP contribution in [0.1, 0.15) is 43.4 Å². The summed E-state index contributed by atoms with van der Waals surface area (Å²) in [4.78, 5) is 8.80. The van der Waals surface area contributed by atoms with Crippen molar-refractivity contribution in [2.75, 3.05) is 6.54 Å². The van der Waals surface area contributed by atoms with Gasteiger partial charge in [-0.25, -0.2) is 4.98 Å². The summed E-state index contributed by atoms with van der Waals surface area (Å²) >= 11 is 0. The fraction of sp³-hybridized carbons (Fsp3) is 0.467. The van der Waals surface area contributed by atoms with Crippen molar-refractivity contribution in [3.63, 3.8) is 0 Å². The molecule has 4 nitrogen and oxygen atoms in total. The van der Waals surface area contributed by atoms with E-state index in [9.17, 15) is 0 Å². The summed E-state index contributed by atoms with van der Waals surface area (Å²) in [5.41, 5.74) is 2.26. The second-order valence-electron chi connectivity index (χ2n) is 4.69. The summed E-state index contributed by atoms with van der Waals surface area (Å²) in [5.74, 6) is 1.07. The molecule has 0 aromatic carbocycles. The Kier molecular flexibility index (Phi) is 4.68. The van der Waals surface area contributed by atoms with E-state index in [0.29, 0.717) is 0 Å². The van der Waals surface area contributed by atoms with Crippen LogP contribution in [-0.2, 0) is 6.54 Å². The maximum atomic E-state index is 4.53. The predicted octanol–water partition coefficient (Wildman–Crippen LogP) is 2.70. The summed E-state index contributed by atoms with van der Waals surface area (Å²) < 4.78 is 2.18. The molecule has 0 radical (unpaired) electrons. The highest BCUT2D eigenvalue weighted by Gasteiger charge is 2.18. The number of hydrogen-bond donors (Lipinski definition) is 1. The van der Waals surface area contributed by atoms with Crippen LogP contribution in [0.3, 0.4) is 0 Å². The minimum absolute atomic E-state index is 0.136. The molecule has 2 rings (SSSR count). The highest BCUT2D eigenvalue weighted by atomic mass is 15.1. The van der Waals surface area contributed by atoms with E-state index < -0.39 is 0 Å². The van der Waals surface area contributed by atoms with Crippen LogP contribution in [0.2, 0.25) is 0 Å². The number of nitrogens with one attached hydrogen (secondary N) is 1. The molecular formula is C15H22N4. The van der Waals surface area contributed by atoms with Gasteiger partial charge in [-0.2, -0.15) is 0 Å². The average molecular weight is 258 g/mol. The molecule has 1 unspecified atom stereocenters. The lowest BCUT2D eigenvalue weighted by atomic mass is 10.1. The quantitative estimate of drug-likeness (QED) is 0.866. The Balaban J connectivity index is 2.35. The van der Waals surface area contributed by atoms with E-state index in [1.54, 1.807) is 0 Å². The van der Waals surface area contributed by atoms with Gasteiger partial charge in [0.15, 0.2) is 0 Å². The summed E-state index contributed by atoms with van der Waals surface area (Å²) in [6.45, 7) is 8.24. The fourth-order valence-electron chi connectivity index (χ4n) is 2.24. The second kappa shape index (κ2) is 6.48. The van der Waals surface area contributed by atoms with Gasteiger partial charge >= 0.3 is 0 Å². The van der Waals surface area contributed by atoms with Crippen LogP contribution in [0.5, 0.6) is 0 Å². The summed E-state index contributed by atoms with van der Waals surface area (Å²) in [5, 5.41) is 3.58. The van der Waals surface area contributed by atoms with Crippen molar-refractivity contribution in [3.05, 3.63) is 47.8 Å². The minimum atomic E-state index is 0.136. The van der Waals surface area contributed by atoms with Crippen molar-refractivity contribution in [1.29, 1.82) is 0 Å². The lowest BCUT2D eigenvalue weighted by Gasteiger charge is -2.20. The monoisotopic (exact) mass is 258 g/mol. The van der Waals surface area contributed by atoms with Crippen LogP contribution in [0, 0.1) is 6.92 Å². The first-order chi connectivity index (χ1) is 9.26. The van der Waals surface area contributed by atoms with Crippen LogP contribution >= 0.6 is 0 Å². The first-order valence-corrected chi connectivity index (χ1v) is 6.93. The molecule has 0 saturated carbocycles. The van der Waals surface area contributed by atoms with E-state index in [1.807, 2.05) is 25.5 Å². The van der Waals surface area contributed by atoms with E-state index in [0.717, 1.165) is 31.0 Å². The van der Waals surface area contributed by atoms with Gasteiger partial charge in [-0.05, 0) is 44.5 Å². The molecule has 0 saturated heterocycles. The molecular weight excluding hydrogens is 236 g/mol. The molecule has 2 aromatic heterocycles. The Morgan fingerprint density at radius 3 is 2.79 bits per heavy atom. The second-order valence-corrected chi connectivity index (χ2v) is 4.69. The van der Waals surface area contributed by atoms with Gasteiger partial charge in [-0.3, -0.25) is 4.98 Å². The smallest absolute Gasteiger partial charge is 0.130 e. The zero-order valence-electron chi connectivity index (χ0n) is 11.9. The highest BCUT2D eigenvalue weighted by Crippen LogP contribution is 2.21. The van der Waals surface area contributed by atoms with Gasteiger partial charge in [0.2, 0.25) is 0 Å². The number of nitrogens with zero attached hydrogens (tertiary/aromatic N) is 3. The van der Waals surface area contributed by atoms with Crippen molar-refractivity contribution >= 4 is 0 Å². The van der Waals surface area contributed by atoms with Crippen molar-refractivity contribution in [2.24, 2.45) is 0 Å². The molecule has 19 heavy (non-hydrogen) atoms. The average Bonchev–Trinajstić information content (AvgIpc) is 2.88. The fourth-order valence-corrected chi connectivity index (χ4v) is 2.24. The summed E-state index contributed by atoms with van der Waals surface area (Å²) in [6.07, 6.45) is 6.87. The summed E-state index contributed by atoms with van der Waals surface area (Å²) in [6, 6.07) is 4.33. The van der Waals surface area contributed by atoms with Gasteiger partial charge < -0.3 is 9.88 Å². The molecule has 1 N–H and O–H groups in total. The highest BCUT2D eigenvalue weighted by molar-refractivity contribution is 5.25. The van der Waals surface area contributed by atoms with E-state index in [4.69, 9.17) is 0 Å². The summed E-state index contributed by atoms with van der Waals surface area (Å²) in [7, 11) is 0. The van der Waals surface area contributed by atoms with Gasteiger partial charge in [-0.15, -0.1) is 0 Å². The largest absolute Gasteiger partial charge is 0.334 e. The Labute approximate surface area is 114 Å². The van der Waals surface area contributed by atoms with Gasteiger partial charge in [0.05, 0.1) is 6.04 Å². The van der Waals surface area contributed by atoms with Gasteiger partial charge in [0, 0.05) is 30.8 Å². The van der Waals surface area contributed by atoms with E-state index >= 15 is 0 Å². The third-order valence-electron chi connectivity index (χ3n) is 3.20. The van der Waals surface area contributed by atoms with Crippen molar-refractivity contribution in [2.45, 2.75) is 39.8 Å². The van der Waals surface area contributed by atoms with Crippen molar-refractivity contribution in [3.8, 4) is 0 Å². The zero-order chi connectivity index (χ0) is 13.7. The molecule has 4 heteroatoms. The molecule has 0 bridgehead atoms. The first kappa shape index (κ1) is 13.7. The number of aromatic nitrogens is 3. The third kappa shape index (κ3) is 3.20. The lowest BCUT2D eigenvalue weighted by Crippen LogP contribution is -2.26. The minimum Gasteiger partial charge on any atom is -0.334 e. The molecule has 2 aromatic rings. The standard InChI is InChI=1S/C15H22N4/c1-4-7-17-14(13-6-8-16-12(3)11-13)15-18-9-10-19(15)5-2/h6,8-11,14,17H,4-5,7H2,1-3H3.